The van der Waals surface area contributed by atoms with Gasteiger partial charge >= 0.3 is 5.97 Å². The summed E-state index contributed by atoms with van der Waals surface area (Å²) in [5, 5.41) is 0. The molecule has 2 aromatic carbocycles. The molecule has 0 saturated carbocycles. The van der Waals surface area contributed by atoms with E-state index in [4.69, 9.17) is 0 Å². The summed E-state index contributed by atoms with van der Waals surface area (Å²) < 4.78 is 57.5. The van der Waals surface area contributed by atoms with Crippen LogP contribution in [0.1, 0.15) is 10.4 Å². The number of sulfonamides is 1. The lowest BCUT2D eigenvalue weighted by atomic mass is 10.2. The Kier molecular flexibility index (Phi) is 4.65. The molecule has 0 aliphatic carbocycles. The van der Waals surface area contributed by atoms with Gasteiger partial charge in [0.1, 0.15) is 16.5 Å². The molecule has 23 heavy (non-hydrogen) atoms. The van der Waals surface area contributed by atoms with Crippen molar-refractivity contribution >= 4 is 21.7 Å². The maximum Gasteiger partial charge on any atom is 0.340 e. The van der Waals surface area contributed by atoms with Crippen LogP contribution >= 0.6 is 0 Å². The predicted molar refractivity (Wildman–Crippen MR) is 79.7 cm³/mol. The van der Waals surface area contributed by atoms with Crippen LogP contribution in [0.2, 0.25) is 0 Å². The number of halogens is 2. The van der Waals surface area contributed by atoms with Crippen molar-refractivity contribution < 1.29 is 26.7 Å². The first-order valence-electron chi connectivity index (χ1n) is 6.40. The van der Waals surface area contributed by atoms with Crippen LogP contribution in [0.4, 0.5) is 14.5 Å². The maximum atomic E-state index is 13.8. The Balaban J connectivity index is 2.58. The summed E-state index contributed by atoms with van der Waals surface area (Å²) >= 11 is 0. The maximum absolute atomic E-state index is 13.8. The van der Waals surface area contributed by atoms with E-state index in [9.17, 15) is 22.0 Å². The number of nitrogens with zero attached hydrogens (tertiary/aromatic N) is 1. The standard InChI is InChI=1S/C15H13F2NO4S/c1-18(13-6-4-3-5-11(13)15(19)22-2)23(20,21)14-9-10(16)7-8-12(14)17/h3-9H,1-2H3. The Morgan fingerprint density at radius 1 is 1.13 bits per heavy atom. The number of benzene rings is 2. The molecule has 0 radical (unpaired) electrons. The smallest absolute Gasteiger partial charge is 0.340 e. The monoisotopic (exact) mass is 341 g/mol. The van der Waals surface area contributed by atoms with E-state index in [2.05, 4.69) is 4.74 Å². The van der Waals surface area contributed by atoms with E-state index in [0.717, 1.165) is 26.3 Å². The number of hydrogen-bond donors (Lipinski definition) is 0. The van der Waals surface area contributed by atoms with Gasteiger partial charge in [-0.3, -0.25) is 4.31 Å². The Morgan fingerprint density at radius 3 is 2.43 bits per heavy atom. The van der Waals surface area contributed by atoms with Crippen molar-refractivity contribution in [3.05, 3.63) is 59.7 Å². The number of ether oxygens (including phenoxy) is 1. The molecule has 0 unspecified atom stereocenters. The van der Waals surface area contributed by atoms with Crippen molar-refractivity contribution in [1.29, 1.82) is 0 Å². The van der Waals surface area contributed by atoms with Crippen molar-refractivity contribution in [2.24, 2.45) is 0 Å². The Bertz CT molecular complexity index is 852. The zero-order chi connectivity index (χ0) is 17.2. The quantitative estimate of drug-likeness (QED) is 0.802. The molecular weight excluding hydrogens is 328 g/mol. The van der Waals surface area contributed by atoms with Gasteiger partial charge in [-0.25, -0.2) is 22.0 Å². The van der Waals surface area contributed by atoms with Gasteiger partial charge in [0.25, 0.3) is 10.0 Å². The number of methoxy groups -OCH3 is 1. The largest absolute Gasteiger partial charge is 0.465 e. The molecule has 0 N–H and O–H groups in total. The number of anilines is 1. The molecular formula is C15H13F2NO4S. The number of carbonyl (C=O) groups excluding carboxylic acids is 1. The van der Waals surface area contributed by atoms with E-state index in [1.807, 2.05) is 0 Å². The van der Waals surface area contributed by atoms with Gasteiger partial charge in [-0.15, -0.1) is 0 Å². The summed E-state index contributed by atoms with van der Waals surface area (Å²) in [4.78, 5) is 10.9. The zero-order valence-corrected chi connectivity index (χ0v) is 13.1. The number of para-hydroxylation sites is 1. The fourth-order valence-electron chi connectivity index (χ4n) is 1.98. The Labute approximate surface area is 132 Å². The average molecular weight is 341 g/mol. The van der Waals surface area contributed by atoms with Crippen molar-refractivity contribution in [1.82, 2.24) is 0 Å². The third kappa shape index (κ3) is 3.16. The molecule has 0 atom stereocenters. The van der Waals surface area contributed by atoms with Crippen molar-refractivity contribution in [2.45, 2.75) is 4.90 Å². The molecule has 8 heteroatoms. The molecule has 0 saturated heterocycles. The second-order valence-electron chi connectivity index (χ2n) is 4.56. The lowest BCUT2D eigenvalue weighted by Gasteiger charge is -2.21. The molecule has 0 aliphatic rings. The molecule has 0 amide bonds. The van der Waals surface area contributed by atoms with E-state index < -0.39 is 32.5 Å². The van der Waals surface area contributed by atoms with E-state index >= 15 is 0 Å². The van der Waals surface area contributed by atoms with Crippen LogP contribution in [-0.4, -0.2) is 28.5 Å². The minimum atomic E-state index is -4.40. The lowest BCUT2D eigenvalue weighted by Crippen LogP contribution is -2.29. The molecule has 0 bridgehead atoms. The molecule has 2 rings (SSSR count). The zero-order valence-electron chi connectivity index (χ0n) is 12.3. The molecule has 0 heterocycles. The summed E-state index contributed by atoms with van der Waals surface area (Å²) in [6.07, 6.45) is 0. The first-order chi connectivity index (χ1) is 10.8. The number of esters is 1. The number of rotatable bonds is 4. The van der Waals surface area contributed by atoms with Crippen LogP contribution in [0.3, 0.4) is 0 Å². The first-order valence-corrected chi connectivity index (χ1v) is 7.84. The van der Waals surface area contributed by atoms with Gasteiger partial charge in [-0.2, -0.15) is 0 Å². The third-order valence-corrected chi connectivity index (χ3v) is 4.97. The summed E-state index contributed by atoms with van der Waals surface area (Å²) in [7, 11) is -2.11. The Hall–Kier alpha value is -2.48. The molecule has 0 spiro atoms. The van der Waals surface area contributed by atoms with Crippen molar-refractivity contribution in [3.8, 4) is 0 Å². The van der Waals surface area contributed by atoms with Crippen molar-refractivity contribution in [2.75, 3.05) is 18.5 Å². The first kappa shape index (κ1) is 16.9. The van der Waals surface area contributed by atoms with Gasteiger partial charge in [0.2, 0.25) is 0 Å². The number of carbonyl (C=O) groups is 1. The van der Waals surface area contributed by atoms with E-state index in [1.165, 1.54) is 24.3 Å². The molecule has 0 fully saturated rings. The van der Waals surface area contributed by atoms with Gasteiger partial charge in [-0.1, -0.05) is 12.1 Å². The van der Waals surface area contributed by atoms with Gasteiger partial charge in [0, 0.05) is 7.05 Å². The Morgan fingerprint density at radius 2 is 1.78 bits per heavy atom. The number of hydrogen-bond acceptors (Lipinski definition) is 4. The molecule has 2 aromatic rings. The third-order valence-electron chi connectivity index (χ3n) is 3.18. The van der Waals surface area contributed by atoms with E-state index in [1.54, 1.807) is 0 Å². The van der Waals surface area contributed by atoms with Crippen LogP contribution in [0.15, 0.2) is 47.4 Å². The van der Waals surface area contributed by atoms with Gasteiger partial charge in [0.05, 0.1) is 18.4 Å². The minimum absolute atomic E-state index is 0.0111. The highest BCUT2D eigenvalue weighted by Crippen LogP contribution is 2.27. The summed E-state index contributed by atoms with van der Waals surface area (Å²) in [6, 6.07) is 7.89. The second-order valence-corrected chi connectivity index (χ2v) is 6.49. The summed E-state index contributed by atoms with van der Waals surface area (Å²) in [6.45, 7) is 0. The topological polar surface area (TPSA) is 63.7 Å². The van der Waals surface area contributed by atoms with Crippen LogP contribution in [0.5, 0.6) is 0 Å². The van der Waals surface area contributed by atoms with Gasteiger partial charge in [-0.05, 0) is 30.3 Å². The minimum Gasteiger partial charge on any atom is -0.465 e. The molecule has 5 nitrogen and oxygen atoms in total. The SMILES string of the molecule is COC(=O)c1ccccc1N(C)S(=O)(=O)c1cc(F)ccc1F. The molecule has 0 aliphatic heterocycles. The molecule has 122 valence electrons. The van der Waals surface area contributed by atoms with E-state index in [0.29, 0.717) is 10.4 Å². The highest BCUT2D eigenvalue weighted by atomic mass is 32.2. The fraction of sp³-hybridized carbons (Fsp3) is 0.133. The predicted octanol–water partition coefficient (Wildman–Crippen LogP) is 2.58. The lowest BCUT2D eigenvalue weighted by molar-refractivity contribution is 0.0601. The summed E-state index contributed by atoms with van der Waals surface area (Å²) in [5.41, 5.74) is -0.0269. The van der Waals surface area contributed by atoms with Crippen LogP contribution in [0, 0.1) is 11.6 Å². The van der Waals surface area contributed by atoms with Crippen molar-refractivity contribution in [3.63, 3.8) is 0 Å². The van der Waals surface area contributed by atoms with Crippen LogP contribution < -0.4 is 4.31 Å². The van der Waals surface area contributed by atoms with Gasteiger partial charge in [0.15, 0.2) is 0 Å². The highest BCUT2D eigenvalue weighted by molar-refractivity contribution is 7.92. The highest BCUT2D eigenvalue weighted by Gasteiger charge is 2.28. The molecule has 0 aromatic heterocycles. The van der Waals surface area contributed by atoms with E-state index in [-0.39, 0.29) is 11.3 Å². The van der Waals surface area contributed by atoms with Crippen LogP contribution in [-0.2, 0) is 14.8 Å². The van der Waals surface area contributed by atoms with Crippen LogP contribution in [0.25, 0.3) is 0 Å². The fourth-order valence-corrected chi connectivity index (χ4v) is 3.27. The second kappa shape index (κ2) is 6.33. The summed E-state index contributed by atoms with van der Waals surface area (Å²) in [5.74, 6) is -2.73. The van der Waals surface area contributed by atoms with Gasteiger partial charge < -0.3 is 4.74 Å². The normalized spacial score (nSPS) is 11.1. The average Bonchev–Trinajstić information content (AvgIpc) is 2.55.